The Bertz CT molecular complexity index is 1060. The minimum atomic E-state index is -0.932. The Morgan fingerprint density at radius 3 is 2.30 bits per heavy atom. The molecule has 0 fully saturated rings. The fourth-order valence-electron chi connectivity index (χ4n) is 3.48. The summed E-state index contributed by atoms with van der Waals surface area (Å²) < 4.78 is 19.1. The molecule has 2 aromatic rings. The van der Waals surface area contributed by atoms with Crippen LogP contribution >= 0.6 is 11.6 Å². The highest BCUT2D eigenvalue weighted by Crippen LogP contribution is 2.35. The molecule has 1 heterocycles. The number of nitrogens with zero attached hydrogens (tertiary/aromatic N) is 3. The smallest absolute Gasteiger partial charge is 0.323 e. The van der Waals surface area contributed by atoms with Crippen LogP contribution in [0, 0.1) is 0 Å². The van der Waals surface area contributed by atoms with Crippen molar-refractivity contribution in [1.29, 1.82) is 0 Å². The molecule has 0 atom stereocenters. The number of allylic oxidation sites excluding steroid dienone is 3. The standard InChI is InChI=1S/C23H26ClFN4O3.4C2H6/c1-14(2)22-19(29(3)12-21(30)31)11-26-28-23(22)27-17-7-8-20(18(24)10-17)32-13-15-5-4-6-16(25)9-15;4*1-2/h6-11,14H,4-5,12-13H2,1-3H3,(H,27,28)(H,30,31);4*1-2H3. The predicted molar refractivity (Wildman–Crippen MR) is 169 cm³/mol. The van der Waals surface area contributed by atoms with Crippen LogP contribution in [0.25, 0.3) is 0 Å². The SMILES string of the molecule is CC.CC.CC.CC.CC(C)c1c(N(C)CC(=O)O)cnnc1Nc1ccc(OCC2=CC(F)=CCC2)c(Cl)c1. The topological polar surface area (TPSA) is 87.6 Å². The minimum Gasteiger partial charge on any atom is -0.488 e. The Labute approximate surface area is 246 Å². The molecule has 0 spiro atoms. The number of nitrogens with one attached hydrogen (secondary N) is 1. The van der Waals surface area contributed by atoms with Crippen molar-refractivity contribution in [3.63, 3.8) is 0 Å². The molecule has 1 aromatic carbocycles. The van der Waals surface area contributed by atoms with E-state index in [1.54, 1.807) is 42.4 Å². The average Bonchev–Trinajstić information content (AvgIpc) is 2.96. The Balaban J connectivity index is 0. The molecule has 7 nitrogen and oxygen atoms in total. The highest BCUT2D eigenvalue weighted by Gasteiger charge is 2.19. The molecule has 3 rings (SSSR count). The summed E-state index contributed by atoms with van der Waals surface area (Å²) in [5.41, 5.74) is 3.09. The van der Waals surface area contributed by atoms with Gasteiger partial charge in [-0.05, 0) is 54.7 Å². The Kier molecular flexibility index (Phi) is 22.1. The molecular formula is C31H50ClFN4O3. The van der Waals surface area contributed by atoms with Crippen molar-refractivity contribution in [3.8, 4) is 5.75 Å². The first-order valence-corrected chi connectivity index (χ1v) is 14.7. The summed E-state index contributed by atoms with van der Waals surface area (Å²) in [5.74, 6) is -0.0831. The number of carbonyl (C=O) groups is 1. The van der Waals surface area contributed by atoms with Gasteiger partial charge < -0.3 is 20.1 Å². The van der Waals surface area contributed by atoms with E-state index in [2.05, 4.69) is 15.5 Å². The molecule has 0 amide bonds. The lowest BCUT2D eigenvalue weighted by atomic mass is 10.0. The zero-order valence-electron chi connectivity index (χ0n) is 26.2. The molecule has 0 aliphatic heterocycles. The summed E-state index contributed by atoms with van der Waals surface area (Å²) in [5, 5.41) is 21.0. The van der Waals surface area contributed by atoms with E-state index < -0.39 is 5.97 Å². The minimum absolute atomic E-state index is 0.0653. The summed E-state index contributed by atoms with van der Waals surface area (Å²) in [7, 11) is 1.70. The van der Waals surface area contributed by atoms with Gasteiger partial charge in [0.1, 0.15) is 24.7 Å². The molecule has 1 aliphatic carbocycles. The van der Waals surface area contributed by atoms with E-state index in [-0.39, 0.29) is 24.9 Å². The van der Waals surface area contributed by atoms with E-state index in [4.69, 9.17) is 21.4 Å². The number of anilines is 3. The average molecular weight is 581 g/mol. The van der Waals surface area contributed by atoms with Crippen LogP contribution in [0.1, 0.15) is 93.6 Å². The number of hydrogen-bond donors (Lipinski definition) is 2. The fraction of sp³-hybridized carbons (Fsp3) is 0.516. The van der Waals surface area contributed by atoms with E-state index in [1.165, 1.54) is 6.08 Å². The van der Waals surface area contributed by atoms with Crippen molar-refractivity contribution in [1.82, 2.24) is 10.2 Å². The van der Waals surface area contributed by atoms with Crippen LogP contribution < -0.4 is 15.0 Å². The highest BCUT2D eigenvalue weighted by molar-refractivity contribution is 6.32. The van der Waals surface area contributed by atoms with Crippen molar-refractivity contribution in [3.05, 3.63) is 58.5 Å². The molecule has 226 valence electrons. The van der Waals surface area contributed by atoms with E-state index in [1.807, 2.05) is 69.2 Å². The van der Waals surface area contributed by atoms with E-state index in [9.17, 15) is 9.18 Å². The number of ether oxygens (including phenoxy) is 1. The quantitative estimate of drug-likeness (QED) is 0.305. The van der Waals surface area contributed by atoms with E-state index >= 15 is 0 Å². The molecule has 0 saturated carbocycles. The summed E-state index contributed by atoms with van der Waals surface area (Å²) in [6.07, 6.45) is 6.03. The van der Waals surface area contributed by atoms with Gasteiger partial charge in [0, 0.05) is 18.3 Å². The lowest BCUT2D eigenvalue weighted by Gasteiger charge is -2.23. The van der Waals surface area contributed by atoms with Gasteiger partial charge in [-0.2, -0.15) is 5.10 Å². The Hall–Kier alpha value is -3.13. The first kappa shape index (κ1) is 39.0. The van der Waals surface area contributed by atoms with Crippen LogP contribution in [0.3, 0.4) is 0 Å². The molecule has 1 aliphatic rings. The normalized spacial score (nSPS) is 11.3. The molecule has 0 saturated heterocycles. The number of aromatic nitrogens is 2. The third-order valence-corrected chi connectivity index (χ3v) is 5.28. The van der Waals surface area contributed by atoms with Gasteiger partial charge in [0.15, 0.2) is 5.82 Å². The second-order valence-electron chi connectivity index (χ2n) is 7.89. The molecule has 0 unspecified atom stereocenters. The van der Waals surface area contributed by atoms with Crippen LogP contribution in [-0.4, -0.2) is 41.5 Å². The number of benzene rings is 1. The van der Waals surface area contributed by atoms with Crippen LogP contribution in [-0.2, 0) is 4.79 Å². The Morgan fingerprint density at radius 1 is 1.15 bits per heavy atom. The summed E-state index contributed by atoms with van der Waals surface area (Å²) in [4.78, 5) is 12.8. The highest BCUT2D eigenvalue weighted by atomic mass is 35.5. The Morgan fingerprint density at radius 2 is 1.77 bits per heavy atom. The summed E-state index contributed by atoms with van der Waals surface area (Å²) >= 11 is 6.40. The van der Waals surface area contributed by atoms with Gasteiger partial charge in [0.2, 0.25) is 0 Å². The van der Waals surface area contributed by atoms with Gasteiger partial charge >= 0.3 is 5.97 Å². The van der Waals surface area contributed by atoms with Gasteiger partial charge in [-0.3, -0.25) is 4.79 Å². The van der Waals surface area contributed by atoms with Crippen molar-refractivity contribution in [2.24, 2.45) is 0 Å². The lowest BCUT2D eigenvalue weighted by Crippen LogP contribution is -2.27. The van der Waals surface area contributed by atoms with Crippen LogP contribution in [0.15, 0.2) is 47.9 Å². The zero-order valence-corrected chi connectivity index (χ0v) is 27.0. The third kappa shape index (κ3) is 13.3. The largest absolute Gasteiger partial charge is 0.488 e. The molecule has 1 aromatic heterocycles. The number of rotatable bonds is 9. The van der Waals surface area contributed by atoms with Crippen molar-refractivity contribution in [2.45, 2.75) is 88.0 Å². The van der Waals surface area contributed by atoms with Gasteiger partial charge in [-0.15, -0.1) is 5.10 Å². The number of hydrogen-bond acceptors (Lipinski definition) is 6. The maximum atomic E-state index is 13.4. The second-order valence-corrected chi connectivity index (χ2v) is 8.29. The molecule has 0 bridgehead atoms. The maximum Gasteiger partial charge on any atom is 0.323 e. The van der Waals surface area contributed by atoms with Gasteiger partial charge in [0.05, 0.1) is 16.9 Å². The maximum absolute atomic E-state index is 13.4. The summed E-state index contributed by atoms with van der Waals surface area (Å²) in [6, 6.07) is 5.26. The van der Waals surface area contributed by atoms with Gasteiger partial charge in [0.25, 0.3) is 0 Å². The van der Waals surface area contributed by atoms with Gasteiger partial charge in [-0.1, -0.05) is 80.8 Å². The first-order valence-electron chi connectivity index (χ1n) is 14.3. The molecule has 9 heteroatoms. The predicted octanol–water partition coefficient (Wildman–Crippen LogP) is 9.58. The third-order valence-electron chi connectivity index (χ3n) is 4.98. The number of halogens is 2. The van der Waals surface area contributed by atoms with Crippen molar-refractivity contribution < 1.29 is 19.0 Å². The van der Waals surface area contributed by atoms with Crippen molar-refractivity contribution in [2.75, 3.05) is 30.4 Å². The lowest BCUT2D eigenvalue weighted by molar-refractivity contribution is -0.135. The van der Waals surface area contributed by atoms with Crippen LogP contribution in [0.2, 0.25) is 5.02 Å². The molecule has 40 heavy (non-hydrogen) atoms. The van der Waals surface area contributed by atoms with E-state index in [0.29, 0.717) is 34.4 Å². The van der Waals surface area contributed by atoms with Crippen molar-refractivity contribution >= 4 is 34.8 Å². The second kappa shape index (κ2) is 22.7. The number of carboxylic acids is 1. The first-order chi connectivity index (χ1) is 19.2. The fourth-order valence-corrected chi connectivity index (χ4v) is 3.71. The van der Waals surface area contributed by atoms with Crippen LogP contribution in [0.5, 0.6) is 5.75 Å². The molecule has 2 N–H and O–H groups in total. The number of likely N-dealkylation sites (N-methyl/N-ethyl adjacent to an activating group) is 1. The number of aliphatic carboxylic acids is 1. The number of carboxylic acid groups (broad SMARTS) is 1. The monoisotopic (exact) mass is 580 g/mol. The molecule has 0 radical (unpaired) electrons. The van der Waals surface area contributed by atoms with Crippen LogP contribution in [0.4, 0.5) is 21.6 Å². The van der Waals surface area contributed by atoms with E-state index in [0.717, 1.165) is 17.6 Å². The molecular weight excluding hydrogens is 531 g/mol. The summed E-state index contributed by atoms with van der Waals surface area (Å²) in [6.45, 7) is 20.1. The zero-order chi connectivity index (χ0) is 31.3. The van der Waals surface area contributed by atoms with Gasteiger partial charge in [-0.25, -0.2) is 4.39 Å².